The number of unbranched alkanes of at least 4 members (excludes halogenated alkanes) is 21. The molecule has 0 rings (SSSR count). The number of aliphatic hydroxyl groups is 3. The molecule has 0 aliphatic carbocycles. The molecule has 0 saturated carbocycles. The van der Waals surface area contributed by atoms with Gasteiger partial charge in [-0.2, -0.15) is 0 Å². The van der Waals surface area contributed by atoms with Crippen LogP contribution in [0.4, 0.5) is 0 Å². The van der Waals surface area contributed by atoms with Gasteiger partial charge in [-0.25, -0.2) is 0 Å². The third kappa shape index (κ3) is 33.9. The van der Waals surface area contributed by atoms with Crippen LogP contribution in [0.25, 0.3) is 0 Å². The first kappa shape index (κ1) is 37.0. The first-order valence-electron chi connectivity index (χ1n) is 16.1. The molecule has 0 aromatic carbocycles. The third-order valence-corrected chi connectivity index (χ3v) is 7.29. The Morgan fingerprint density at radius 1 is 0.371 bits per heavy atom. The molecule has 0 bridgehead atoms. The second-order valence-corrected chi connectivity index (χ2v) is 10.9. The first-order chi connectivity index (χ1) is 17.1. The Bertz CT molecular complexity index is 318. The molecule has 0 amide bonds. The van der Waals surface area contributed by atoms with Crippen LogP contribution >= 0.6 is 0 Å². The summed E-state index contributed by atoms with van der Waals surface area (Å²) in [4.78, 5) is 0. The minimum atomic E-state index is -1.11. The van der Waals surface area contributed by atoms with Gasteiger partial charge in [0.2, 0.25) is 0 Å². The zero-order valence-corrected chi connectivity index (χ0v) is 24.6. The molecule has 0 aliphatic heterocycles. The van der Waals surface area contributed by atoms with E-state index in [1.54, 1.807) is 0 Å². The summed E-state index contributed by atoms with van der Waals surface area (Å²) in [6.45, 7) is 7.13. The van der Waals surface area contributed by atoms with Gasteiger partial charge in [0.15, 0.2) is 6.29 Å². The lowest BCUT2D eigenvalue weighted by Gasteiger charge is -2.18. The molecule has 0 aromatic heterocycles. The van der Waals surface area contributed by atoms with Crippen molar-refractivity contribution in [3.05, 3.63) is 0 Å². The molecule has 214 valence electrons. The van der Waals surface area contributed by atoms with Crippen LogP contribution in [0.2, 0.25) is 0 Å². The summed E-state index contributed by atoms with van der Waals surface area (Å²) < 4.78 is 0. The molecule has 3 nitrogen and oxygen atoms in total. The molecule has 0 spiro atoms. The highest BCUT2D eigenvalue weighted by molar-refractivity contribution is 4.62. The molecule has 0 radical (unpaired) electrons. The Labute approximate surface area is 221 Å². The van der Waals surface area contributed by atoms with E-state index in [1.165, 1.54) is 135 Å². The SMILES string of the molecule is CCCCCCCCCCC(CCCCCCCCCC)C(O)O.CCCCCCCCCCO. The van der Waals surface area contributed by atoms with Crippen LogP contribution in [0.15, 0.2) is 0 Å². The van der Waals surface area contributed by atoms with Crippen molar-refractivity contribution in [1.82, 2.24) is 0 Å². The topological polar surface area (TPSA) is 60.7 Å². The van der Waals surface area contributed by atoms with E-state index in [0.717, 1.165) is 32.1 Å². The third-order valence-electron chi connectivity index (χ3n) is 7.29. The van der Waals surface area contributed by atoms with Crippen LogP contribution < -0.4 is 0 Å². The Kier molecular flexibility index (Phi) is 35.8. The van der Waals surface area contributed by atoms with Crippen molar-refractivity contribution in [2.75, 3.05) is 6.61 Å². The zero-order valence-electron chi connectivity index (χ0n) is 24.6. The number of aliphatic hydroxyl groups excluding tert-OH is 2. The summed E-state index contributed by atoms with van der Waals surface area (Å²) in [5.74, 6) is 0.102. The van der Waals surface area contributed by atoms with E-state index in [1.807, 2.05) is 0 Å². The van der Waals surface area contributed by atoms with E-state index in [9.17, 15) is 10.2 Å². The number of hydrogen-bond donors (Lipinski definition) is 3. The monoisotopic (exact) mass is 501 g/mol. The second kappa shape index (κ2) is 33.9. The molecule has 0 heterocycles. The molecule has 0 fully saturated rings. The van der Waals surface area contributed by atoms with Gasteiger partial charge in [-0.3, -0.25) is 0 Å². The lowest BCUT2D eigenvalue weighted by molar-refractivity contribution is -0.0890. The van der Waals surface area contributed by atoms with Gasteiger partial charge in [0.1, 0.15) is 0 Å². The van der Waals surface area contributed by atoms with Crippen molar-refractivity contribution >= 4 is 0 Å². The van der Waals surface area contributed by atoms with Crippen molar-refractivity contribution in [3.8, 4) is 0 Å². The van der Waals surface area contributed by atoms with E-state index in [2.05, 4.69) is 20.8 Å². The van der Waals surface area contributed by atoms with E-state index >= 15 is 0 Å². The van der Waals surface area contributed by atoms with E-state index < -0.39 is 6.29 Å². The fourth-order valence-electron chi connectivity index (χ4n) is 4.77. The van der Waals surface area contributed by atoms with Gasteiger partial charge in [-0.05, 0) is 19.3 Å². The van der Waals surface area contributed by atoms with Crippen LogP contribution in [0.5, 0.6) is 0 Å². The highest BCUT2D eigenvalue weighted by atomic mass is 16.5. The molecule has 0 aromatic rings. The molecule has 0 aliphatic rings. The maximum Gasteiger partial charge on any atom is 0.154 e. The highest BCUT2D eigenvalue weighted by Crippen LogP contribution is 2.21. The molecular weight excluding hydrogens is 432 g/mol. The van der Waals surface area contributed by atoms with Crippen molar-refractivity contribution in [1.29, 1.82) is 0 Å². The van der Waals surface area contributed by atoms with E-state index in [-0.39, 0.29) is 5.92 Å². The van der Waals surface area contributed by atoms with Crippen LogP contribution in [0.3, 0.4) is 0 Å². The fraction of sp³-hybridized carbons (Fsp3) is 1.00. The predicted molar refractivity (Wildman–Crippen MR) is 156 cm³/mol. The molecule has 0 unspecified atom stereocenters. The minimum absolute atomic E-state index is 0.102. The summed E-state index contributed by atoms with van der Waals surface area (Å²) in [5.41, 5.74) is 0. The smallest absolute Gasteiger partial charge is 0.154 e. The van der Waals surface area contributed by atoms with Gasteiger partial charge >= 0.3 is 0 Å². The van der Waals surface area contributed by atoms with E-state index in [4.69, 9.17) is 5.11 Å². The first-order valence-corrected chi connectivity index (χ1v) is 16.1. The largest absolute Gasteiger partial charge is 0.396 e. The molecule has 0 atom stereocenters. The van der Waals surface area contributed by atoms with E-state index in [0.29, 0.717) is 6.61 Å². The van der Waals surface area contributed by atoms with Gasteiger partial charge in [0.25, 0.3) is 0 Å². The Balaban J connectivity index is 0. The lowest BCUT2D eigenvalue weighted by Crippen LogP contribution is -2.19. The quantitative estimate of drug-likeness (QED) is 0.0776. The summed E-state index contributed by atoms with van der Waals surface area (Å²) in [7, 11) is 0. The second-order valence-electron chi connectivity index (χ2n) is 10.9. The maximum atomic E-state index is 9.57. The standard InChI is InChI=1S/C22H46O2.C10H22O/c1-3-5-7-9-11-13-15-17-19-21(22(23)24)20-18-16-14-12-10-8-6-4-2;1-2-3-4-5-6-7-8-9-10-11/h21-24H,3-20H2,1-2H3;11H,2-10H2,1H3. The maximum absolute atomic E-state index is 9.57. The van der Waals surface area contributed by atoms with Crippen molar-refractivity contribution in [2.24, 2.45) is 5.92 Å². The highest BCUT2D eigenvalue weighted by Gasteiger charge is 2.15. The van der Waals surface area contributed by atoms with Crippen molar-refractivity contribution in [3.63, 3.8) is 0 Å². The van der Waals surface area contributed by atoms with Gasteiger partial charge in [-0.1, -0.05) is 168 Å². The summed E-state index contributed by atoms with van der Waals surface area (Å²) in [6, 6.07) is 0. The Hall–Kier alpha value is -0.120. The number of hydrogen-bond acceptors (Lipinski definition) is 3. The average molecular weight is 501 g/mol. The van der Waals surface area contributed by atoms with Crippen LogP contribution in [0, 0.1) is 5.92 Å². The van der Waals surface area contributed by atoms with Crippen LogP contribution in [-0.2, 0) is 0 Å². The Morgan fingerprint density at radius 2 is 0.629 bits per heavy atom. The normalized spacial score (nSPS) is 11.3. The van der Waals surface area contributed by atoms with Crippen LogP contribution in [-0.4, -0.2) is 28.2 Å². The summed E-state index contributed by atoms with van der Waals surface area (Å²) in [5, 5.41) is 27.6. The lowest BCUT2D eigenvalue weighted by atomic mass is 9.93. The van der Waals surface area contributed by atoms with Crippen molar-refractivity contribution in [2.45, 2.75) is 194 Å². The predicted octanol–water partition coefficient (Wildman–Crippen LogP) is 10.1. The number of rotatable bonds is 27. The van der Waals surface area contributed by atoms with Crippen molar-refractivity contribution < 1.29 is 15.3 Å². The van der Waals surface area contributed by atoms with Gasteiger partial charge in [0, 0.05) is 12.5 Å². The average Bonchev–Trinajstić information content (AvgIpc) is 2.85. The molecule has 0 saturated heterocycles. The molecule has 3 N–H and O–H groups in total. The Morgan fingerprint density at radius 3 is 0.886 bits per heavy atom. The van der Waals surface area contributed by atoms with Gasteiger partial charge < -0.3 is 15.3 Å². The molecule has 35 heavy (non-hydrogen) atoms. The van der Waals surface area contributed by atoms with Crippen LogP contribution in [0.1, 0.15) is 188 Å². The minimum Gasteiger partial charge on any atom is -0.396 e. The summed E-state index contributed by atoms with van der Waals surface area (Å²) >= 11 is 0. The van der Waals surface area contributed by atoms with Gasteiger partial charge in [-0.15, -0.1) is 0 Å². The zero-order chi connectivity index (χ0) is 26.2. The fourth-order valence-corrected chi connectivity index (χ4v) is 4.77. The summed E-state index contributed by atoms with van der Waals surface area (Å²) in [6.07, 6.45) is 32.3. The molecular formula is C32H68O3. The molecule has 3 heteroatoms. The van der Waals surface area contributed by atoms with Gasteiger partial charge in [0.05, 0.1) is 0 Å².